The summed E-state index contributed by atoms with van der Waals surface area (Å²) in [5.74, 6) is -1.81. The van der Waals surface area contributed by atoms with Gasteiger partial charge in [-0.15, -0.1) is 0 Å². The lowest BCUT2D eigenvalue weighted by atomic mass is 10.3. The molecule has 0 aliphatic heterocycles. The first-order valence-corrected chi connectivity index (χ1v) is 5.88. The number of alkyl halides is 3. The number of carbonyl (C=O) groups is 2. The molecule has 2 amide bonds. The van der Waals surface area contributed by atoms with Crippen LogP contribution in [0.2, 0.25) is 10.2 Å². The fourth-order valence-electron chi connectivity index (χ4n) is 1.08. The zero-order valence-corrected chi connectivity index (χ0v) is 11.2. The summed E-state index contributed by atoms with van der Waals surface area (Å²) in [6.07, 6.45) is -4.52. The van der Waals surface area contributed by atoms with Gasteiger partial charge in [0, 0.05) is 0 Å². The highest BCUT2D eigenvalue weighted by Crippen LogP contribution is 2.16. The van der Waals surface area contributed by atoms with E-state index in [0.29, 0.717) is 0 Å². The van der Waals surface area contributed by atoms with Gasteiger partial charge in [0.2, 0.25) is 5.91 Å². The predicted octanol–water partition coefficient (Wildman–Crippen LogP) is 1.80. The summed E-state index contributed by atoms with van der Waals surface area (Å²) in [4.78, 5) is 26.3. The molecule has 0 aromatic carbocycles. The van der Waals surface area contributed by atoms with E-state index in [0.717, 1.165) is 0 Å². The van der Waals surface area contributed by atoms with Gasteiger partial charge in [-0.25, -0.2) is 4.98 Å². The number of carbonyl (C=O) groups excluding carboxylic acids is 2. The zero-order valence-electron chi connectivity index (χ0n) is 9.72. The molecular formula is C10H8Cl2F3N3O2. The van der Waals surface area contributed by atoms with Crippen LogP contribution in [-0.4, -0.2) is 36.1 Å². The fraction of sp³-hybridized carbons (Fsp3) is 0.300. The van der Waals surface area contributed by atoms with Crippen LogP contribution in [0.15, 0.2) is 12.1 Å². The molecule has 0 saturated heterocycles. The highest BCUT2D eigenvalue weighted by atomic mass is 35.5. The third-order valence-corrected chi connectivity index (χ3v) is 2.44. The number of aromatic nitrogens is 1. The molecule has 0 saturated carbocycles. The van der Waals surface area contributed by atoms with Gasteiger partial charge in [0.1, 0.15) is 17.4 Å². The van der Waals surface area contributed by atoms with Crippen molar-refractivity contribution in [2.75, 3.05) is 13.1 Å². The molecular weight excluding hydrogens is 322 g/mol. The molecule has 20 heavy (non-hydrogen) atoms. The fourth-order valence-corrected chi connectivity index (χ4v) is 1.42. The number of halogens is 5. The van der Waals surface area contributed by atoms with E-state index in [1.807, 2.05) is 0 Å². The van der Waals surface area contributed by atoms with E-state index in [1.165, 1.54) is 12.1 Å². The summed E-state index contributed by atoms with van der Waals surface area (Å²) in [6.45, 7) is -2.11. The molecule has 0 atom stereocenters. The van der Waals surface area contributed by atoms with Crippen LogP contribution in [0, 0.1) is 0 Å². The van der Waals surface area contributed by atoms with Gasteiger partial charge in [0.25, 0.3) is 5.91 Å². The number of nitrogens with one attached hydrogen (secondary N) is 2. The highest BCUT2D eigenvalue weighted by molar-refractivity contribution is 6.34. The number of hydrogen-bond donors (Lipinski definition) is 2. The van der Waals surface area contributed by atoms with E-state index in [2.05, 4.69) is 10.3 Å². The minimum atomic E-state index is -4.52. The second-order valence-electron chi connectivity index (χ2n) is 3.54. The minimum Gasteiger partial charge on any atom is -0.345 e. The van der Waals surface area contributed by atoms with Crippen molar-refractivity contribution in [2.24, 2.45) is 0 Å². The van der Waals surface area contributed by atoms with Crippen molar-refractivity contribution in [3.63, 3.8) is 0 Å². The lowest BCUT2D eigenvalue weighted by molar-refractivity contribution is -0.137. The van der Waals surface area contributed by atoms with Crippen LogP contribution in [0.5, 0.6) is 0 Å². The van der Waals surface area contributed by atoms with Crippen LogP contribution in [-0.2, 0) is 4.79 Å². The average molecular weight is 330 g/mol. The maximum absolute atomic E-state index is 11.8. The van der Waals surface area contributed by atoms with Crippen molar-refractivity contribution in [3.05, 3.63) is 28.0 Å². The smallest absolute Gasteiger partial charge is 0.345 e. The highest BCUT2D eigenvalue weighted by Gasteiger charge is 2.27. The van der Waals surface area contributed by atoms with E-state index in [4.69, 9.17) is 23.2 Å². The lowest BCUT2D eigenvalue weighted by Gasteiger charge is -2.09. The summed E-state index contributed by atoms with van der Waals surface area (Å²) in [7, 11) is 0. The minimum absolute atomic E-state index is 0.00241. The third kappa shape index (κ3) is 5.62. The van der Waals surface area contributed by atoms with Crippen molar-refractivity contribution in [1.82, 2.24) is 15.6 Å². The van der Waals surface area contributed by atoms with Crippen LogP contribution >= 0.6 is 23.2 Å². The molecule has 1 rings (SSSR count). The van der Waals surface area contributed by atoms with E-state index in [-0.39, 0.29) is 15.9 Å². The van der Waals surface area contributed by atoms with E-state index < -0.39 is 31.1 Å². The zero-order chi connectivity index (χ0) is 15.3. The van der Waals surface area contributed by atoms with Gasteiger partial charge in [-0.1, -0.05) is 23.2 Å². The third-order valence-electron chi connectivity index (χ3n) is 1.92. The quantitative estimate of drug-likeness (QED) is 0.827. The maximum atomic E-state index is 11.8. The molecule has 0 spiro atoms. The van der Waals surface area contributed by atoms with Crippen molar-refractivity contribution in [1.29, 1.82) is 0 Å². The molecule has 0 aliphatic rings. The Morgan fingerprint density at radius 2 is 1.85 bits per heavy atom. The van der Waals surface area contributed by atoms with Crippen LogP contribution in [0.3, 0.4) is 0 Å². The van der Waals surface area contributed by atoms with E-state index in [1.54, 1.807) is 5.32 Å². The van der Waals surface area contributed by atoms with Gasteiger partial charge in [0.05, 0.1) is 11.6 Å². The summed E-state index contributed by atoms with van der Waals surface area (Å²) in [5.41, 5.74) is -0.220. The standard InChI is InChI=1S/C10H8Cl2F3N3O2/c11-5-1-2-6(12)18-8(5)9(20)16-3-7(19)17-4-10(13,14)15/h1-2H,3-4H2,(H,16,20)(H,17,19). The van der Waals surface area contributed by atoms with Crippen molar-refractivity contribution < 1.29 is 22.8 Å². The second kappa shape index (κ2) is 6.76. The number of nitrogens with zero attached hydrogens (tertiary/aromatic N) is 1. The van der Waals surface area contributed by atoms with Gasteiger partial charge in [-0.3, -0.25) is 9.59 Å². The second-order valence-corrected chi connectivity index (χ2v) is 4.33. The molecule has 0 aliphatic carbocycles. The van der Waals surface area contributed by atoms with E-state index in [9.17, 15) is 22.8 Å². The maximum Gasteiger partial charge on any atom is 0.405 e. The van der Waals surface area contributed by atoms with Gasteiger partial charge >= 0.3 is 6.18 Å². The van der Waals surface area contributed by atoms with Crippen LogP contribution in [0.4, 0.5) is 13.2 Å². The molecule has 0 bridgehead atoms. The molecule has 1 aromatic rings. The molecule has 2 N–H and O–H groups in total. The normalized spacial score (nSPS) is 11.1. The summed E-state index contributed by atoms with van der Waals surface area (Å²) in [6, 6.07) is 2.69. The Morgan fingerprint density at radius 3 is 2.45 bits per heavy atom. The van der Waals surface area contributed by atoms with Crippen LogP contribution in [0.1, 0.15) is 10.5 Å². The van der Waals surface area contributed by atoms with Crippen LogP contribution < -0.4 is 10.6 Å². The Kier molecular flexibility index (Phi) is 5.58. The Bertz CT molecular complexity index is 523. The average Bonchev–Trinajstić information content (AvgIpc) is 2.35. The Balaban J connectivity index is 2.51. The predicted molar refractivity (Wildman–Crippen MR) is 65.7 cm³/mol. The number of rotatable bonds is 4. The Morgan fingerprint density at radius 1 is 1.20 bits per heavy atom. The SMILES string of the molecule is O=C(CNC(=O)c1nc(Cl)ccc1Cl)NCC(F)(F)F. The van der Waals surface area contributed by atoms with Gasteiger partial charge in [-0.2, -0.15) is 13.2 Å². The Labute approximate surface area is 121 Å². The van der Waals surface area contributed by atoms with Crippen LogP contribution in [0.25, 0.3) is 0 Å². The lowest BCUT2D eigenvalue weighted by Crippen LogP contribution is -2.41. The van der Waals surface area contributed by atoms with Crippen molar-refractivity contribution in [2.45, 2.75) is 6.18 Å². The molecule has 10 heteroatoms. The Hall–Kier alpha value is -1.54. The summed E-state index contributed by atoms with van der Waals surface area (Å²) >= 11 is 11.3. The van der Waals surface area contributed by atoms with Crippen molar-refractivity contribution >= 4 is 35.0 Å². The summed E-state index contributed by atoms with van der Waals surface area (Å²) < 4.78 is 35.5. The topological polar surface area (TPSA) is 71.1 Å². The molecule has 5 nitrogen and oxygen atoms in total. The largest absolute Gasteiger partial charge is 0.405 e. The molecule has 0 radical (unpaired) electrons. The molecule has 1 aromatic heterocycles. The van der Waals surface area contributed by atoms with Gasteiger partial charge < -0.3 is 10.6 Å². The summed E-state index contributed by atoms with van der Waals surface area (Å²) in [5, 5.41) is 3.69. The molecule has 0 unspecified atom stereocenters. The first kappa shape index (κ1) is 16.5. The molecule has 0 fully saturated rings. The first-order valence-electron chi connectivity index (χ1n) is 5.13. The first-order chi connectivity index (χ1) is 9.19. The van der Waals surface area contributed by atoms with Crippen molar-refractivity contribution in [3.8, 4) is 0 Å². The number of hydrogen-bond acceptors (Lipinski definition) is 3. The number of amides is 2. The van der Waals surface area contributed by atoms with Gasteiger partial charge in [0.15, 0.2) is 0 Å². The monoisotopic (exact) mass is 329 g/mol. The molecule has 110 valence electrons. The molecule has 1 heterocycles. The van der Waals surface area contributed by atoms with E-state index >= 15 is 0 Å². The van der Waals surface area contributed by atoms with Gasteiger partial charge in [-0.05, 0) is 12.1 Å². The number of pyridine rings is 1.